The van der Waals surface area contributed by atoms with Crippen LogP contribution in [0.4, 0.5) is 0 Å². The van der Waals surface area contributed by atoms with Crippen LogP contribution in [0.15, 0.2) is 0 Å². The molecule has 0 radical (unpaired) electrons. The SMILES string of the molecule is CC(C)C(CNC(=O)CCOC1CCNCC1)C(=O)O. The molecule has 0 bridgehead atoms. The van der Waals surface area contributed by atoms with Gasteiger partial charge in [-0.1, -0.05) is 13.8 Å². The fourth-order valence-electron chi connectivity index (χ4n) is 2.20. The van der Waals surface area contributed by atoms with Gasteiger partial charge < -0.3 is 20.5 Å². The van der Waals surface area contributed by atoms with Crippen LogP contribution in [0.5, 0.6) is 0 Å². The summed E-state index contributed by atoms with van der Waals surface area (Å²) in [4.78, 5) is 22.6. The van der Waals surface area contributed by atoms with Gasteiger partial charge in [-0.2, -0.15) is 0 Å². The standard InChI is InChI=1S/C14H26N2O4/c1-10(2)12(14(18)19)9-16-13(17)5-8-20-11-3-6-15-7-4-11/h10-12,15H,3-9H2,1-2H3,(H,16,17)(H,18,19). The van der Waals surface area contributed by atoms with Gasteiger partial charge in [-0.05, 0) is 31.8 Å². The smallest absolute Gasteiger partial charge is 0.308 e. The van der Waals surface area contributed by atoms with Crippen LogP contribution in [-0.4, -0.2) is 49.3 Å². The van der Waals surface area contributed by atoms with E-state index in [0.717, 1.165) is 25.9 Å². The summed E-state index contributed by atoms with van der Waals surface area (Å²) in [6, 6.07) is 0. The number of hydrogen-bond donors (Lipinski definition) is 3. The first-order chi connectivity index (χ1) is 9.50. The summed E-state index contributed by atoms with van der Waals surface area (Å²) in [6.45, 7) is 6.18. The molecule has 20 heavy (non-hydrogen) atoms. The van der Waals surface area contributed by atoms with Gasteiger partial charge in [0.15, 0.2) is 0 Å². The monoisotopic (exact) mass is 286 g/mol. The van der Waals surface area contributed by atoms with Gasteiger partial charge in [-0.25, -0.2) is 0 Å². The van der Waals surface area contributed by atoms with Crippen molar-refractivity contribution in [1.29, 1.82) is 0 Å². The normalized spacial score (nSPS) is 17.9. The van der Waals surface area contributed by atoms with Crippen molar-refractivity contribution >= 4 is 11.9 Å². The maximum atomic E-state index is 11.6. The van der Waals surface area contributed by atoms with Gasteiger partial charge in [0.05, 0.1) is 18.6 Å². The van der Waals surface area contributed by atoms with Crippen LogP contribution in [0.1, 0.15) is 33.1 Å². The molecule has 0 saturated carbocycles. The van der Waals surface area contributed by atoms with Gasteiger partial charge in [0.1, 0.15) is 0 Å². The van der Waals surface area contributed by atoms with Gasteiger partial charge >= 0.3 is 5.97 Å². The predicted molar refractivity (Wildman–Crippen MR) is 75.4 cm³/mol. The van der Waals surface area contributed by atoms with Crippen LogP contribution < -0.4 is 10.6 Å². The van der Waals surface area contributed by atoms with Crippen LogP contribution >= 0.6 is 0 Å². The average Bonchev–Trinajstić information content (AvgIpc) is 2.39. The molecule has 6 nitrogen and oxygen atoms in total. The molecule has 0 aromatic carbocycles. The maximum absolute atomic E-state index is 11.6. The first kappa shape index (κ1) is 16.9. The van der Waals surface area contributed by atoms with E-state index in [1.165, 1.54) is 0 Å². The molecule has 0 aromatic rings. The molecule has 1 aliphatic heterocycles. The van der Waals surface area contributed by atoms with E-state index in [1.807, 2.05) is 13.8 Å². The van der Waals surface area contributed by atoms with Gasteiger partial charge in [-0.3, -0.25) is 9.59 Å². The average molecular weight is 286 g/mol. The summed E-state index contributed by atoms with van der Waals surface area (Å²) >= 11 is 0. The van der Waals surface area contributed by atoms with Gasteiger partial charge in [-0.15, -0.1) is 0 Å². The number of amides is 1. The Morgan fingerprint density at radius 2 is 2.00 bits per heavy atom. The first-order valence-electron chi connectivity index (χ1n) is 7.32. The van der Waals surface area contributed by atoms with Gasteiger partial charge in [0, 0.05) is 13.0 Å². The van der Waals surface area contributed by atoms with Crippen molar-refractivity contribution in [3.8, 4) is 0 Å². The predicted octanol–water partition coefficient (Wildman–Crippen LogP) is 0.618. The highest BCUT2D eigenvalue weighted by Gasteiger charge is 2.22. The maximum Gasteiger partial charge on any atom is 0.308 e. The Bertz CT molecular complexity index is 314. The third-order valence-electron chi connectivity index (χ3n) is 3.61. The molecular weight excluding hydrogens is 260 g/mol. The molecule has 0 aromatic heterocycles. The molecule has 1 unspecified atom stereocenters. The van der Waals surface area contributed by atoms with Crippen LogP contribution in [0, 0.1) is 11.8 Å². The van der Waals surface area contributed by atoms with Crippen molar-refractivity contribution in [3.05, 3.63) is 0 Å². The van der Waals surface area contributed by atoms with Gasteiger partial charge in [0.25, 0.3) is 0 Å². The lowest BCUT2D eigenvalue weighted by atomic mass is 9.96. The van der Waals surface area contributed by atoms with E-state index in [1.54, 1.807) is 0 Å². The number of piperidine rings is 1. The number of nitrogens with one attached hydrogen (secondary N) is 2. The van der Waals surface area contributed by atoms with E-state index >= 15 is 0 Å². The van der Waals surface area contributed by atoms with Crippen molar-refractivity contribution < 1.29 is 19.4 Å². The molecule has 1 saturated heterocycles. The number of carbonyl (C=O) groups is 2. The Hall–Kier alpha value is -1.14. The summed E-state index contributed by atoms with van der Waals surface area (Å²) in [5.41, 5.74) is 0. The molecule has 0 spiro atoms. The molecule has 0 aliphatic carbocycles. The van der Waals surface area contributed by atoms with E-state index in [0.29, 0.717) is 6.61 Å². The lowest BCUT2D eigenvalue weighted by Gasteiger charge is -2.23. The molecule has 1 heterocycles. The molecule has 1 amide bonds. The molecule has 1 fully saturated rings. The summed E-state index contributed by atoms with van der Waals surface area (Å²) in [6.07, 6.45) is 2.49. The Balaban J connectivity index is 2.14. The van der Waals surface area contributed by atoms with Crippen LogP contribution in [0.25, 0.3) is 0 Å². The lowest BCUT2D eigenvalue weighted by Crippen LogP contribution is -2.36. The summed E-state index contributed by atoms with van der Waals surface area (Å²) in [5.74, 6) is -1.56. The number of carboxylic acids is 1. The van der Waals surface area contributed by atoms with E-state index in [-0.39, 0.29) is 30.9 Å². The highest BCUT2D eigenvalue weighted by atomic mass is 16.5. The van der Waals surface area contributed by atoms with Crippen molar-refractivity contribution in [1.82, 2.24) is 10.6 Å². The van der Waals surface area contributed by atoms with Crippen molar-refractivity contribution in [2.75, 3.05) is 26.2 Å². The zero-order chi connectivity index (χ0) is 15.0. The summed E-state index contributed by atoms with van der Waals surface area (Å²) in [7, 11) is 0. The fraction of sp³-hybridized carbons (Fsp3) is 0.857. The second kappa shape index (κ2) is 8.92. The lowest BCUT2D eigenvalue weighted by molar-refractivity contribution is -0.143. The molecule has 1 aliphatic rings. The Morgan fingerprint density at radius 1 is 1.35 bits per heavy atom. The number of hydrogen-bond acceptors (Lipinski definition) is 4. The molecule has 6 heteroatoms. The van der Waals surface area contributed by atoms with Crippen molar-refractivity contribution in [2.24, 2.45) is 11.8 Å². The van der Waals surface area contributed by atoms with Crippen molar-refractivity contribution in [2.45, 2.75) is 39.2 Å². The number of carbonyl (C=O) groups excluding carboxylic acids is 1. The third kappa shape index (κ3) is 6.34. The Labute approximate surface area is 120 Å². The minimum atomic E-state index is -0.869. The minimum absolute atomic E-state index is 0.00112. The first-order valence-corrected chi connectivity index (χ1v) is 7.32. The summed E-state index contributed by atoms with van der Waals surface area (Å²) in [5, 5.41) is 14.9. The fourth-order valence-corrected chi connectivity index (χ4v) is 2.20. The van der Waals surface area contributed by atoms with E-state index < -0.39 is 11.9 Å². The van der Waals surface area contributed by atoms with E-state index in [9.17, 15) is 9.59 Å². The number of carboxylic acid groups (broad SMARTS) is 1. The van der Waals surface area contributed by atoms with Crippen LogP contribution in [0.2, 0.25) is 0 Å². The quantitative estimate of drug-likeness (QED) is 0.609. The Kier molecular flexibility index (Phi) is 7.54. The molecule has 1 atom stereocenters. The second-order valence-corrected chi connectivity index (χ2v) is 5.56. The number of ether oxygens (including phenoxy) is 1. The molecule has 1 rings (SSSR count). The minimum Gasteiger partial charge on any atom is -0.481 e. The van der Waals surface area contributed by atoms with Crippen LogP contribution in [-0.2, 0) is 14.3 Å². The topological polar surface area (TPSA) is 87.7 Å². The zero-order valence-corrected chi connectivity index (χ0v) is 12.4. The summed E-state index contributed by atoms with van der Waals surface area (Å²) < 4.78 is 5.64. The Morgan fingerprint density at radius 3 is 2.55 bits per heavy atom. The van der Waals surface area contributed by atoms with Gasteiger partial charge in [0.2, 0.25) is 5.91 Å². The van der Waals surface area contributed by atoms with Crippen LogP contribution in [0.3, 0.4) is 0 Å². The highest BCUT2D eigenvalue weighted by molar-refractivity contribution is 5.77. The highest BCUT2D eigenvalue weighted by Crippen LogP contribution is 2.10. The molecule has 116 valence electrons. The van der Waals surface area contributed by atoms with E-state index in [2.05, 4.69) is 10.6 Å². The third-order valence-corrected chi connectivity index (χ3v) is 3.61. The number of aliphatic carboxylic acids is 1. The second-order valence-electron chi connectivity index (χ2n) is 5.56. The zero-order valence-electron chi connectivity index (χ0n) is 12.4. The van der Waals surface area contributed by atoms with Crippen molar-refractivity contribution in [3.63, 3.8) is 0 Å². The largest absolute Gasteiger partial charge is 0.481 e. The molecule has 3 N–H and O–H groups in total. The van der Waals surface area contributed by atoms with E-state index in [4.69, 9.17) is 9.84 Å². The molecular formula is C14H26N2O4. The number of rotatable bonds is 8.